The maximum atomic E-state index is 13.6. The van der Waals surface area contributed by atoms with Gasteiger partial charge in [0, 0.05) is 12.4 Å². The van der Waals surface area contributed by atoms with E-state index in [-0.39, 0.29) is 22.4 Å². The predicted molar refractivity (Wildman–Crippen MR) is 67.6 cm³/mol. The highest BCUT2D eigenvalue weighted by Gasteiger charge is 2.22. The van der Waals surface area contributed by atoms with Gasteiger partial charge >= 0.3 is 5.97 Å². The zero-order chi connectivity index (χ0) is 14.7. The van der Waals surface area contributed by atoms with Crippen LogP contribution in [0.1, 0.15) is 26.3 Å². The number of benzene rings is 1. The van der Waals surface area contributed by atoms with E-state index in [1.165, 1.54) is 31.5 Å². The zero-order valence-electron chi connectivity index (χ0n) is 10.5. The van der Waals surface area contributed by atoms with E-state index in [2.05, 4.69) is 4.98 Å². The van der Waals surface area contributed by atoms with E-state index in [0.717, 1.165) is 12.3 Å². The number of nitrogens with zero attached hydrogens (tertiary/aromatic N) is 1. The lowest BCUT2D eigenvalue weighted by Gasteiger charge is -2.09. The standard InChI is InChI=1S/C14H10FNO4/c1-20-13-9(3-2-4-11(13)15)12(17)10-7-16-6-5-8(10)14(18)19/h2-7H,1H3,(H,18,19). The molecule has 0 radical (unpaired) electrons. The molecule has 0 atom stereocenters. The van der Waals surface area contributed by atoms with Crippen LogP contribution < -0.4 is 4.74 Å². The lowest BCUT2D eigenvalue weighted by atomic mass is 9.99. The van der Waals surface area contributed by atoms with Gasteiger partial charge in [-0.1, -0.05) is 6.07 Å². The molecule has 0 bridgehead atoms. The molecule has 2 rings (SSSR count). The lowest BCUT2D eigenvalue weighted by Crippen LogP contribution is -2.11. The van der Waals surface area contributed by atoms with Crippen LogP contribution in [-0.4, -0.2) is 29.0 Å². The number of ether oxygens (including phenoxy) is 1. The summed E-state index contributed by atoms with van der Waals surface area (Å²) in [6, 6.07) is 5.07. The fraction of sp³-hybridized carbons (Fsp3) is 0.0714. The van der Waals surface area contributed by atoms with Crippen LogP contribution in [0.4, 0.5) is 4.39 Å². The number of ketones is 1. The minimum Gasteiger partial charge on any atom is -0.493 e. The van der Waals surface area contributed by atoms with Crippen molar-refractivity contribution in [3.8, 4) is 5.75 Å². The highest BCUT2D eigenvalue weighted by atomic mass is 19.1. The number of hydrogen-bond acceptors (Lipinski definition) is 4. The van der Waals surface area contributed by atoms with Crippen molar-refractivity contribution in [3.63, 3.8) is 0 Å². The number of aromatic carboxylic acids is 1. The number of carbonyl (C=O) groups excluding carboxylic acids is 1. The number of carboxylic acid groups (broad SMARTS) is 1. The molecule has 0 aliphatic heterocycles. The molecule has 0 spiro atoms. The van der Waals surface area contributed by atoms with Crippen molar-refractivity contribution < 1.29 is 23.8 Å². The summed E-state index contributed by atoms with van der Waals surface area (Å²) in [6.45, 7) is 0. The smallest absolute Gasteiger partial charge is 0.336 e. The van der Waals surface area contributed by atoms with Gasteiger partial charge in [0.25, 0.3) is 0 Å². The second kappa shape index (κ2) is 5.48. The monoisotopic (exact) mass is 275 g/mol. The minimum atomic E-state index is -1.26. The number of carboxylic acids is 1. The number of aromatic nitrogens is 1. The summed E-state index contributed by atoms with van der Waals surface area (Å²) in [6.07, 6.45) is 2.40. The average Bonchev–Trinajstić information content (AvgIpc) is 2.46. The Morgan fingerprint density at radius 3 is 2.60 bits per heavy atom. The first-order chi connectivity index (χ1) is 9.56. The molecule has 1 aromatic heterocycles. The van der Waals surface area contributed by atoms with Crippen LogP contribution in [-0.2, 0) is 0 Å². The summed E-state index contributed by atoms with van der Waals surface area (Å²) in [5.74, 6) is -2.84. The number of pyridine rings is 1. The first-order valence-electron chi connectivity index (χ1n) is 5.60. The van der Waals surface area contributed by atoms with Gasteiger partial charge < -0.3 is 9.84 Å². The van der Waals surface area contributed by atoms with Gasteiger partial charge in [0.15, 0.2) is 17.3 Å². The number of halogens is 1. The maximum absolute atomic E-state index is 13.6. The first kappa shape index (κ1) is 13.7. The van der Waals surface area contributed by atoms with Crippen LogP contribution in [0, 0.1) is 5.82 Å². The fourth-order valence-corrected chi connectivity index (χ4v) is 1.80. The molecular weight excluding hydrogens is 265 g/mol. The molecule has 0 fully saturated rings. The molecular formula is C14H10FNO4. The van der Waals surface area contributed by atoms with Crippen molar-refractivity contribution in [3.05, 3.63) is 59.2 Å². The third-order valence-electron chi connectivity index (χ3n) is 2.71. The topological polar surface area (TPSA) is 76.5 Å². The van der Waals surface area contributed by atoms with Crippen LogP contribution in [0.15, 0.2) is 36.7 Å². The van der Waals surface area contributed by atoms with Gasteiger partial charge in [-0.2, -0.15) is 0 Å². The Labute approximate surface area is 113 Å². The van der Waals surface area contributed by atoms with Crippen LogP contribution in [0.25, 0.3) is 0 Å². The molecule has 20 heavy (non-hydrogen) atoms. The summed E-state index contributed by atoms with van der Waals surface area (Å²) in [7, 11) is 1.23. The summed E-state index contributed by atoms with van der Waals surface area (Å²) >= 11 is 0. The maximum Gasteiger partial charge on any atom is 0.336 e. The summed E-state index contributed by atoms with van der Waals surface area (Å²) in [5, 5.41) is 9.06. The van der Waals surface area contributed by atoms with Gasteiger partial charge in [0.05, 0.1) is 23.8 Å². The van der Waals surface area contributed by atoms with E-state index in [4.69, 9.17) is 9.84 Å². The zero-order valence-corrected chi connectivity index (χ0v) is 10.5. The SMILES string of the molecule is COc1c(F)cccc1C(=O)c1cnccc1C(=O)O. The van der Waals surface area contributed by atoms with Crippen molar-refractivity contribution in [2.24, 2.45) is 0 Å². The molecule has 5 nitrogen and oxygen atoms in total. The number of carbonyl (C=O) groups is 2. The van der Waals surface area contributed by atoms with Crippen LogP contribution in [0.5, 0.6) is 5.75 Å². The largest absolute Gasteiger partial charge is 0.493 e. The second-order valence-electron chi connectivity index (χ2n) is 3.88. The van der Waals surface area contributed by atoms with Crippen LogP contribution in [0.2, 0.25) is 0 Å². The number of methoxy groups -OCH3 is 1. The molecule has 6 heteroatoms. The van der Waals surface area contributed by atoms with Crippen molar-refractivity contribution in [1.82, 2.24) is 4.98 Å². The Morgan fingerprint density at radius 2 is 1.95 bits per heavy atom. The normalized spacial score (nSPS) is 10.1. The van der Waals surface area contributed by atoms with Gasteiger partial charge in [-0.3, -0.25) is 9.78 Å². The second-order valence-corrected chi connectivity index (χ2v) is 3.88. The van der Waals surface area contributed by atoms with Crippen LogP contribution >= 0.6 is 0 Å². The number of rotatable bonds is 4. The molecule has 0 amide bonds. The lowest BCUT2D eigenvalue weighted by molar-refractivity contribution is 0.0692. The molecule has 1 aromatic carbocycles. The molecule has 0 aliphatic carbocycles. The average molecular weight is 275 g/mol. The van der Waals surface area contributed by atoms with Gasteiger partial charge in [-0.15, -0.1) is 0 Å². The third kappa shape index (κ3) is 2.35. The van der Waals surface area contributed by atoms with Gasteiger partial charge in [-0.25, -0.2) is 9.18 Å². The molecule has 2 aromatic rings. The molecule has 0 aliphatic rings. The van der Waals surface area contributed by atoms with E-state index < -0.39 is 17.6 Å². The van der Waals surface area contributed by atoms with E-state index in [0.29, 0.717) is 0 Å². The summed E-state index contributed by atoms with van der Waals surface area (Å²) in [5.41, 5.74) is -0.372. The van der Waals surface area contributed by atoms with Crippen molar-refractivity contribution in [2.45, 2.75) is 0 Å². The predicted octanol–water partition coefficient (Wildman–Crippen LogP) is 2.16. The Bertz CT molecular complexity index is 685. The Balaban J connectivity index is 2.58. The van der Waals surface area contributed by atoms with Crippen LogP contribution in [0.3, 0.4) is 0 Å². The van der Waals surface area contributed by atoms with Gasteiger partial charge in [0.1, 0.15) is 0 Å². The molecule has 0 saturated carbocycles. The van der Waals surface area contributed by atoms with Crippen molar-refractivity contribution >= 4 is 11.8 Å². The summed E-state index contributed by atoms with van der Waals surface area (Å²) < 4.78 is 18.4. The van der Waals surface area contributed by atoms with E-state index in [1.807, 2.05) is 0 Å². The highest BCUT2D eigenvalue weighted by molar-refractivity contribution is 6.15. The molecule has 102 valence electrons. The Morgan fingerprint density at radius 1 is 1.20 bits per heavy atom. The molecule has 1 heterocycles. The van der Waals surface area contributed by atoms with Crippen molar-refractivity contribution in [1.29, 1.82) is 0 Å². The minimum absolute atomic E-state index is 0.0528. The van der Waals surface area contributed by atoms with E-state index in [9.17, 15) is 14.0 Å². The summed E-state index contributed by atoms with van der Waals surface area (Å²) in [4.78, 5) is 27.2. The number of hydrogen-bond donors (Lipinski definition) is 1. The van der Waals surface area contributed by atoms with Gasteiger partial charge in [-0.05, 0) is 18.2 Å². The highest BCUT2D eigenvalue weighted by Crippen LogP contribution is 2.25. The molecule has 1 N–H and O–H groups in total. The van der Waals surface area contributed by atoms with E-state index >= 15 is 0 Å². The van der Waals surface area contributed by atoms with Gasteiger partial charge in [0.2, 0.25) is 0 Å². The van der Waals surface area contributed by atoms with E-state index in [1.54, 1.807) is 0 Å². The number of para-hydroxylation sites is 1. The Kier molecular flexibility index (Phi) is 3.74. The van der Waals surface area contributed by atoms with Crippen molar-refractivity contribution in [2.75, 3.05) is 7.11 Å². The first-order valence-corrected chi connectivity index (χ1v) is 5.60. The molecule has 0 saturated heterocycles. The Hall–Kier alpha value is -2.76. The third-order valence-corrected chi connectivity index (χ3v) is 2.71. The quantitative estimate of drug-likeness (QED) is 0.865. The fourth-order valence-electron chi connectivity index (χ4n) is 1.80. The molecule has 0 unspecified atom stereocenters.